The molecule has 126 valence electrons. The van der Waals surface area contributed by atoms with Crippen LogP contribution in [0.3, 0.4) is 0 Å². The zero-order chi connectivity index (χ0) is 15.8. The van der Waals surface area contributed by atoms with Gasteiger partial charge < -0.3 is 4.90 Å². The van der Waals surface area contributed by atoms with Crippen LogP contribution in [0.4, 0.5) is 0 Å². The molecule has 2 heterocycles. The smallest absolute Gasteiger partial charge is 0.254 e. The third-order valence-corrected chi connectivity index (χ3v) is 5.13. The number of rotatable bonds is 2. The Morgan fingerprint density at radius 2 is 1.79 bits per heavy atom. The monoisotopic (exact) mass is 362 g/mol. The van der Waals surface area contributed by atoms with E-state index < -0.39 is 0 Å². The normalized spacial score (nSPS) is 17.6. The lowest BCUT2D eigenvalue weighted by Crippen LogP contribution is -2.61. The average molecular weight is 363 g/mol. The Bertz CT molecular complexity index is 744. The van der Waals surface area contributed by atoms with Gasteiger partial charge in [0.2, 0.25) is 0 Å². The molecule has 0 bridgehead atoms. The average Bonchev–Trinajstić information content (AvgIpc) is 2.53. The minimum atomic E-state index is 0. The molecule has 5 heteroatoms. The lowest BCUT2D eigenvalue weighted by Gasteiger charge is -2.47. The molecular weight excluding hydrogens is 343 g/mol. The fourth-order valence-electron chi connectivity index (χ4n) is 3.49. The van der Waals surface area contributed by atoms with E-state index in [-0.39, 0.29) is 18.3 Å². The van der Waals surface area contributed by atoms with E-state index >= 15 is 0 Å². The van der Waals surface area contributed by atoms with Crippen molar-refractivity contribution in [2.24, 2.45) is 0 Å². The van der Waals surface area contributed by atoms with Crippen LogP contribution in [0.25, 0.3) is 0 Å². The molecule has 0 aromatic heterocycles. The summed E-state index contributed by atoms with van der Waals surface area (Å²) in [5.74, 6) is 0.0844. The molecule has 3 nitrogen and oxygen atoms in total. The second-order valence-corrected chi connectivity index (χ2v) is 6.80. The van der Waals surface area contributed by atoms with Gasteiger partial charge in [-0.2, -0.15) is 0 Å². The van der Waals surface area contributed by atoms with Crippen molar-refractivity contribution >= 4 is 29.9 Å². The second-order valence-electron chi connectivity index (χ2n) is 6.36. The van der Waals surface area contributed by atoms with E-state index in [0.717, 1.165) is 32.6 Å². The van der Waals surface area contributed by atoms with Crippen molar-refractivity contribution in [2.75, 3.05) is 19.6 Å². The zero-order valence-electron chi connectivity index (χ0n) is 13.3. The zero-order valence-corrected chi connectivity index (χ0v) is 14.9. The summed E-state index contributed by atoms with van der Waals surface area (Å²) in [5, 5.41) is 0.612. The first-order chi connectivity index (χ1) is 11.2. The van der Waals surface area contributed by atoms with Gasteiger partial charge in [0.05, 0.1) is 0 Å². The topological polar surface area (TPSA) is 23.6 Å². The molecule has 4 rings (SSSR count). The number of hydrogen-bond acceptors (Lipinski definition) is 2. The van der Waals surface area contributed by atoms with E-state index in [4.69, 9.17) is 11.6 Å². The summed E-state index contributed by atoms with van der Waals surface area (Å²) in [5.41, 5.74) is 3.58. The summed E-state index contributed by atoms with van der Waals surface area (Å²) in [6, 6.07) is 16.3. The SMILES string of the molecule is Cl.O=C(c1cccc(Cl)c1)N1CC(N2CCc3ccccc3C2)C1. The maximum Gasteiger partial charge on any atom is 0.254 e. The van der Waals surface area contributed by atoms with Crippen molar-refractivity contribution in [3.05, 3.63) is 70.2 Å². The summed E-state index contributed by atoms with van der Waals surface area (Å²) in [7, 11) is 0. The van der Waals surface area contributed by atoms with Gasteiger partial charge in [-0.3, -0.25) is 9.69 Å². The number of benzene rings is 2. The standard InChI is InChI=1S/C19H19ClN2O.ClH/c20-17-7-3-6-15(10-17)19(23)22-12-18(13-22)21-9-8-14-4-1-2-5-16(14)11-21;/h1-7,10,18H,8-9,11-13H2;1H. The van der Waals surface area contributed by atoms with Gasteiger partial charge in [-0.25, -0.2) is 0 Å². The highest BCUT2D eigenvalue weighted by Gasteiger charge is 2.36. The predicted octanol–water partition coefficient (Wildman–Crippen LogP) is 3.64. The van der Waals surface area contributed by atoms with Crippen LogP contribution in [0.2, 0.25) is 5.02 Å². The Kier molecular flexibility index (Phi) is 5.14. The fraction of sp³-hybridized carbons (Fsp3) is 0.316. The number of fused-ring (bicyclic) bond motifs is 1. The van der Waals surface area contributed by atoms with Crippen LogP contribution in [0, 0.1) is 0 Å². The number of amides is 1. The lowest BCUT2D eigenvalue weighted by atomic mass is 9.96. The first-order valence-corrected chi connectivity index (χ1v) is 8.44. The molecule has 2 aromatic rings. The molecule has 0 saturated carbocycles. The summed E-state index contributed by atoms with van der Waals surface area (Å²) in [6.45, 7) is 3.71. The number of hydrogen-bond donors (Lipinski definition) is 0. The maximum atomic E-state index is 12.5. The molecule has 0 unspecified atom stereocenters. The maximum absolute atomic E-state index is 12.5. The third-order valence-electron chi connectivity index (χ3n) is 4.90. The van der Waals surface area contributed by atoms with Crippen LogP contribution in [0.15, 0.2) is 48.5 Å². The van der Waals surface area contributed by atoms with E-state index in [1.54, 1.807) is 12.1 Å². The van der Waals surface area contributed by atoms with Crippen molar-refractivity contribution < 1.29 is 4.79 Å². The van der Waals surface area contributed by atoms with Crippen LogP contribution in [-0.4, -0.2) is 41.4 Å². The van der Waals surface area contributed by atoms with Crippen molar-refractivity contribution in [3.8, 4) is 0 Å². The molecule has 1 fully saturated rings. The van der Waals surface area contributed by atoms with Crippen LogP contribution < -0.4 is 0 Å². The number of carbonyl (C=O) groups is 1. The van der Waals surface area contributed by atoms with Crippen LogP contribution in [0.5, 0.6) is 0 Å². The number of likely N-dealkylation sites (tertiary alicyclic amines) is 1. The van der Waals surface area contributed by atoms with E-state index in [1.165, 1.54) is 11.1 Å². The molecule has 2 aliphatic rings. The Balaban J connectivity index is 0.00000169. The highest BCUT2D eigenvalue weighted by Crippen LogP contribution is 2.25. The molecular formula is C19H20Cl2N2O. The highest BCUT2D eigenvalue weighted by atomic mass is 35.5. The van der Waals surface area contributed by atoms with Crippen LogP contribution >= 0.6 is 24.0 Å². The number of halogens is 2. The Morgan fingerprint density at radius 1 is 1.04 bits per heavy atom. The Labute approximate surface area is 153 Å². The van der Waals surface area contributed by atoms with Crippen LogP contribution in [0.1, 0.15) is 21.5 Å². The molecule has 0 atom stereocenters. The minimum Gasteiger partial charge on any atom is -0.335 e. The van der Waals surface area contributed by atoms with Gasteiger partial charge in [-0.15, -0.1) is 12.4 Å². The Morgan fingerprint density at radius 3 is 2.54 bits per heavy atom. The largest absolute Gasteiger partial charge is 0.335 e. The molecule has 24 heavy (non-hydrogen) atoms. The first-order valence-electron chi connectivity index (χ1n) is 8.06. The van der Waals surface area contributed by atoms with Crippen LogP contribution in [-0.2, 0) is 13.0 Å². The van der Waals surface area contributed by atoms with Gasteiger partial charge in [0.1, 0.15) is 0 Å². The van der Waals surface area contributed by atoms with Gasteiger partial charge >= 0.3 is 0 Å². The molecule has 1 amide bonds. The van der Waals surface area contributed by atoms with Gasteiger partial charge in [-0.1, -0.05) is 41.9 Å². The summed E-state index contributed by atoms with van der Waals surface area (Å²) in [6.07, 6.45) is 1.11. The molecule has 1 saturated heterocycles. The molecule has 0 aliphatic carbocycles. The predicted molar refractivity (Wildman–Crippen MR) is 98.9 cm³/mol. The third kappa shape index (κ3) is 3.30. The minimum absolute atomic E-state index is 0. The fourth-order valence-corrected chi connectivity index (χ4v) is 3.68. The van der Waals surface area contributed by atoms with Crippen molar-refractivity contribution in [3.63, 3.8) is 0 Å². The summed E-state index contributed by atoms with van der Waals surface area (Å²) >= 11 is 5.97. The first kappa shape index (κ1) is 17.3. The number of nitrogens with zero attached hydrogens (tertiary/aromatic N) is 2. The quantitative estimate of drug-likeness (QED) is 0.813. The van der Waals surface area contributed by atoms with Crippen molar-refractivity contribution in [1.82, 2.24) is 9.80 Å². The van der Waals surface area contributed by atoms with Crippen molar-refractivity contribution in [1.29, 1.82) is 0 Å². The van der Waals surface area contributed by atoms with E-state index in [0.29, 0.717) is 16.6 Å². The van der Waals surface area contributed by atoms with Crippen molar-refractivity contribution in [2.45, 2.75) is 19.0 Å². The van der Waals surface area contributed by atoms with Gasteiger partial charge in [0, 0.05) is 42.8 Å². The van der Waals surface area contributed by atoms with E-state index in [1.807, 2.05) is 17.0 Å². The van der Waals surface area contributed by atoms with E-state index in [9.17, 15) is 4.79 Å². The number of carbonyl (C=O) groups excluding carboxylic acids is 1. The lowest BCUT2D eigenvalue weighted by molar-refractivity contribution is 0.0218. The molecule has 0 N–H and O–H groups in total. The molecule has 2 aliphatic heterocycles. The molecule has 2 aromatic carbocycles. The molecule has 0 spiro atoms. The highest BCUT2D eigenvalue weighted by molar-refractivity contribution is 6.30. The van der Waals surface area contributed by atoms with Gasteiger partial charge in [0.15, 0.2) is 0 Å². The second kappa shape index (κ2) is 7.14. The van der Waals surface area contributed by atoms with Gasteiger partial charge in [0.25, 0.3) is 5.91 Å². The van der Waals surface area contributed by atoms with Gasteiger partial charge in [-0.05, 0) is 35.7 Å². The Hall–Kier alpha value is -1.55. The summed E-state index contributed by atoms with van der Waals surface area (Å²) in [4.78, 5) is 16.9. The van der Waals surface area contributed by atoms with E-state index in [2.05, 4.69) is 29.2 Å². The summed E-state index contributed by atoms with van der Waals surface area (Å²) < 4.78 is 0. The molecule has 0 radical (unpaired) electrons.